The highest BCUT2D eigenvalue weighted by molar-refractivity contribution is 6.35. The van der Waals surface area contributed by atoms with Crippen LogP contribution in [-0.4, -0.2) is 30.0 Å². The normalized spacial score (nSPS) is 12.3. The Morgan fingerprint density at radius 1 is 1.24 bits per heavy atom. The molecule has 0 aromatic carbocycles. The molecule has 0 aliphatic carbocycles. The number of carbonyl (C=O) groups excluding carboxylic acids is 2. The topological polar surface area (TPSA) is 91.6 Å². The van der Waals surface area contributed by atoms with Crippen LogP contribution < -0.4 is 10.6 Å². The van der Waals surface area contributed by atoms with Crippen LogP contribution in [0.1, 0.15) is 43.5 Å². The van der Waals surface area contributed by atoms with E-state index in [2.05, 4.69) is 10.6 Å². The molecule has 1 unspecified atom stereocenters. The van der Waals surface area contributed by atoms with Gasteiger partial charge in [0.2, 0.25) is 0 Å². The lowest BCUT2D eigenvalue weighted by molar-refractivity contribution is -0.139. The summed E-state index contributed by atoms with van der Waals surface area (Å²) in [6, 6.07) is 1.77. The minimum absolute atomic E-state index is 0.221. The number of aryl methyl sites for hydroxylation is 2. The van der Waals surface area contributed by atoms with E-state index >= 15 is 0 Å². The molecule has 1 aromatic heterocycles. The first-order chi connectivity index (χ1) is 9.81. The molecule has 1 heterocycles. The van der Waals surface area contributed by atoms with E-state index in [0.29, 0.717) is 24.3 Å². The SMILES string of the molecule is Cc1cc(C(O)CCNC(=O)C(=O)NCC(C)C)c(C)o1. The number of amides is 2. The Hall–Kier alpha value is -1.82. The fourth-order valence-electron chi connectivity index (χ4n) is 1.92. The summed E-state index contributed by atoms with van der Waals surface area (Å²) >= 11 is 0. The molecule has 0 saturated heterocycles. The van der Waals surface area contributed by atoms with E-state index < -0.39 is 17.9 Å². The van der Waals surface area contributed by atoms with Crippen molar-refractivity contribution in [2.75, 3.05) is 13.1 Å². The molecule has 21 heavy (non-hydrogen) atoms. The van der Waals surface area contributed by atoms with Gasteiger partial charge >= 0.3 is 11.8 Å². The van der Waals surface area contributed by atoms with Crippen molar-refractivity contribution in [1.29, 1.82) is 0 Å². The van der Waals surface area contributed by atoms with Crippen LogP contribution in [0.25, 0.3) is 0 Å². The molecule has 0 radical (unpaired) electrons. The summed E-state index contributed by atoms with van der Waals surface area (Å²) in [4.78, 5) is 23.0. The van der Waals surface area contributed by atoms with Crippen molar-refractivity contribution in [2.45, 2.75) is 40.2 Å². The summed E-state index contributed by atoms with van der Waals surface area (Å²) in [5, 5.41) is 15.1. The maximum atomic E-state index is 11.5. The van der Waals surface area contributed by atoms with Crippen molar-refractivity contribution in [3.63, 3.8) is 0 Å². The molecule has 6 nitrogen and oxygen atoms in total. The lowest BCUT2D eigenvalue weighted by atomic mass is 10.1. The van der Waals surface area contributed by atoms with Gasteiger partial charge in [0.15, 0.2) is 0 Å². The predicted molar refractivity (Wildman–Crippen MR) is 78.6 cm³/mol. The molecule has 1 atom stereocenters. The second-order valence-corrected chi connectivity index (χ2v) is 5.53. The largest absolute Gasteiger partial charge is 0.466 e. The Morgan fingerprint density at radius 2 is 1.86 bits per heavy atom. The number of carbonyl (C=O) groups is 2. The zero-order valence-electron chi connectivity index (χ0n) is 13.0. The first kappa shape index (κ1) is 17.2. The van der Waals surface area contributed by atoms with E-state index in [4.69, 9.17) is 4.42 Å². The third-order valence-electron chi connectivity index (χ3n) is 3.02. The second-order valence-electron chi connectivity index (χ2n) is 5.53. The van der Waals surface area contributed by atoms with Crippen LogP contribution in [0.5, 0.6) is 0 Å². The number of rotatable bonds is 6. The van der Waals surface area contributed by atoms with Crippen molar-refractivity contribution >= 4 is 11.8 Å². The van der Waals surface area contributed by atoms with Crippen molar-refractivity contribution in [2.24, 2.45) is 5.92 Å². The van der Waals surface area contributed by atoms with Crippen molar-refractivity contribution < 1.29 is 19.1 Å². The third-order valence-corrected chi connectivity index (χ3v) is 3.02. The van der Waals surface area contributed by atoms with E-state index in [0.717, 1.165) is 5.76 Å². The number of furan rings is 1. The van der Waals surface area contributed by atoms with Gasteiger partial charge in [0.1, 0.15) is 11.5 Å². The highest BCUT2D eigenvalue weighted by atomic mass is 16.3. The molecule has 0 spiro atoms. The highest BCUT2D eigenvalue weighted by Gasteiger charge is 2.16. The number of hydrogen-bond donors (Lipinski definition) is 3. The van der Waals surface area contributed by atoms with Crippen LogP contribution in [0.4, 0.5) is 0 Å². The fraction of sp³-hybridized carbons (Fsp3) is 0.600. The number of aliphatic hydroxyl groups is 1. The lowest BCUT2D eigenvalue weighted by Crippen LogP contribution is -2.41. The van der Waals surface area contributed by atoms with Gasteiger partial charge in [0, 0.05) is 18.7 Å². The number of aliphatic hydroxyl groups excluding tert-OH is 1. The Balaban J connectivity index is 2.34. The van der Waals surface area contributed by atoms with Gasteiger partial charge < -0.3 is 20.2 Å². The van der Waals surface area contributed by atoms with Crippen LogP contribution in [-0.2, 0) is 9.59 Å². The average molecular weight is 296 g/mol. The zero-order chi connectivity index (χ0) is 16.0. The average Bonchev–Trinajstić information content (AvgIpc) is 2.74. The van der Waals surface area contributed by atoms with E-state index in [1.54, 1.807) is 13.0 Å². The van der Waals surface area contributed by atoms with E-state index in [1.807, 2.05) is 20.8 Å². The Morgan fingerprint density at radius 3 is 2.38 bits per heavy atom. The van der Waals surface area contributed by atoms with Gasteiger partial charge in [-0.3, -0.25) is 9.59 Å². The first-order valence-corrected chi connectivity index (χ1v) is 7.12. The van der Waals surface area contributed by atoms with E-state index in [-0.39, 0.29) is 12.5 Å². The molecule has 3 N–H and O–H groups in total. The van der Waals surface area contributed by atoms with Crippen LogP contribution in [0.15, 0.2) is 10.5 Å². The van der Waals surface area contributed by atoms with Gasteiger partial charge in [-0.15, -0.1) is 0 Å². The molecule has 0 saturated carbocycles. The molecule has 0 aliphatic heterocycles. The van der Waals surface area contributed by atoms with Gasteiger partial charge in [-0.05, 0) is 32.3 Å². The molecule has 0 aliphatic rings. The maximum Gasteiger partial charge on any atom is 0.309 e. The summed E-state index contributed by atoms with van der Waals surface area (Å²) in [6.45, 7) is 8.17. The highest BCUT2D eigenvalue weighted by Crippen LogP contribution is 2.23. The monoisotopic (exact) mass is 296 g/mol. The van der Waals surface area contributed by atoms with Gasteiger partial charge in [-0.2, -0.15) is 0 Å². The van der Waals surface area contributed by atoms with Crippen LogP contribution >= 0.6 is 0 Å². The Bertz CT molecular complexity index is 494. The number of hydrogen-bond acceptors (Lipinski definition) is 4. The minimum atomic E-state index is -0.721. The first-order valence-electron chi connectivity index (χ1n) is 7.12. The summed E-state index contributed by atoms with van der Waals surface area (Å²) in [6.07, 6.45) is -0.398. The zero-order valence-corrected chi connectivity index (χ0v) is 13.0. The molecule has 0 fully saturated rings. The smallest absolute Gasteiger partial charge is 0.309 e. The second kappa shape index (κ2) is 7.83. The molecule has 2 amide bonds. The molecular formula is C15H24N2O4. The molecular weight excluding hydrogens is 272 g/mol. The van der Waals surface area contributed by atoms with Gasteiger partial charge in [0.25, 0.3) is 0 Å². The quantitative estimate of drug-likeness (QED) is 0.688. The van der Waals surface area contributed by atoms with Crippen molar-refractivity contribution in [3.05, 3.63) is 23.2 Å². The molecule has 0 bridgehead atoms. The lowest BCUT2D eigenvalue weighted by Gasteiger charge is -2.11. The van der Waals surface area contributed by atoms with Gasteiger partial charge in [0.05, 0.1) is 6.10 Å². The van der Waals surface area contributed by atoms with Crippen molar-refractivity contribution in [1.82, 2.24) is 10.6 Å². The summed E-state index contributed by atoms with van der Waals surface area (Å²) in [5.41, 5.74) is 0.714. The summed E-state index contributed by atoms with van der Waals surface area (Å²) in [7, 11) is 0. The van der Waals surface area contributed by atoms with Gasteiger partial charge in [-0.25, -0.2) is 0 Å². The van der Waals surface area contributed by atoms with Crippen molar-refractivity contribution in [3.8, 4) is 0 Å². The predicted octanol–water partition coefficient (Wildman–Crippen LogP) is 1.21. The van der Waals surface area contributed by atoms with E-state index in [1.165, 1.54) is 0 Å². The number of nitrogens with one attached hydrogen (secondary N) is 2. The Labute approximate surface area is 124 Å². The van der Waals surface area contributed by atoms with Crippen LogP contribution in [0.3, 0.4) is 0 Å². The van der Waals surface area contributed by atoms with E-state index in [9.17, 15) is 14.7 Å². The maximum absolute atomic E-state index is 11.5. The molecule has 6 heteroatoms. The molecule has 1 aromatic rings. The molecule has 1 rings (SSSR count). The summed E-state index contributed by atoms with van der Waals surface area (Å²) < 4.78 is 5.34. The fourth-order valence-corrected chi connectivity index (χ4v) is 1.92. The minimum Gasteiger partial charge on any atom is -0.466 e. The standard InChI is InChI=1S/C15H24N2O4/c1-9(2)8-17-15(20)14(19)16-6-5-13(18)12-7-10(3)21-11(12)4/h7,9,13,18H,5-6,8H2,1-4H3,(H,16,19)(H,17,20). The van der Waals surface area contributed by atoms with Gasteiger partial charge in [-0.1, -0.05) is 13.8 Å². The van der Waals surface area contributed by atoms with Crippen LogP contribution in [0, 0.1) is 19.8 Å². The Kier molecular flexibility index (Phi) is 6.42. The molecule has 118 valence electrons. The van der Waals surface area contributed by atoms with Crippen LogP contribution in [0.2, 0.25) is 0 Å². The summed E-state index contributed by atoms with van der Waals surface area (Å²) in [5.74, 6) is 0.368. The third kappa shape index (κ3) is 5.59.